The molecule has 0 aliphatic heterocycles. The topological polar surface area (TPSA) is 54.6 Å². The van der Waals surface area contributed by atoms with Crippen LogP contribution < -0.4 is 10.1 Å². The van der Waals surface area contributed by atoms with E-state index >= 15 is 0 Å². The first kappa shape index (κ1) is 13.6. The predicted molar refractivity (Wildman–Crippen MR) is 73.1 cm³/mol. The van der Waals surface area contributed by atoms with E-state index in [9.17, 15) is 5.11 Å². The van der Waals surface area contributed by atoms with E-state index in [2.05, 4.69) is 12.2 Å². The van der Waals surface area contributed by atoms with Crippen molar-refractivity contribution in [2.45, 2.75) is 19.1 Å². The molecular formula is C15H19NO3. The quantitative estimate of drug-likeness (QED) is 0.839. The van der Waals surface area contributed by atoms with Crippen LogP contribution in [0.4, 0.5) is 0 Å². The number of hydrogen-bond acceptors (Lipinski definition) is 4. The molecular weight excluding hydrogens is 242 g/mol. The van der Waals surface area contributed by atoms with E-state index in [4.69, 9.17) is 9.15 Å². The summed E-state index contributed by atoms with van der Waals surface area (Å²) in [6.07, 6.45) is 0.932. The number of aliphatic hydroxyl groups is 1. The third-order valence-electron chi connectivity index (χ3n) is 3.10. The van der Waals surface area contributed by atoms with Gasteiger partial charge in [-0.25, -0.2) is 0 Å². The molecule has 1 aromatic heterocycles. The van der Waals surface area contributed by atoms with Crippen LogP contribution in [0.5, 0.6) is 5.75 Å². The summed E-state index contributed by atoms with van der Waals surface area (Å²) in [5.41, 5.74) is 1.15. The highest BCUT2D eigenvalue weighted by Crippen LogP contribution is 2.18. The lowest BCUT2D eigenvalue weighted by atomic mass is 10.1. The van der Waals surface area contributed by atoms with Gasteiger partial charge in [0.1, 0.15) is 17.6 Å². The fourth-order valence-corrected chi connectivity index (χ4v) is 1.88. The zero-order valence-corrected chi connectivity index (χ0v) is 11.2. The fraction of sp³-hybridized carbons (Fsp3) is 0.333. The van der Waals surface area contributed by atoms with E-state index in [-0.39, 0.29) is 6.04 Å². The Hall–Kier alpha value is -1.78. The van der Waals surface area contributed by atoms with Crippen LogP contribution >= 0.6 is 0 Å². The number of rotatable bonds is 6. The number of furan rings is 1. The number of hydrogen-bond donors (Lipinski definition) is 2. The van der Waals surface area contributed by atoms with E-state index in [0.29, 0.717) is 12.3 Å². The fourth-order valence-electron chi connectivity index (χ4n) is 1.88. The van der Waals surface area contributed by atoms with Crippen LogP contribution in [-0.4, -0.2) is 18.8 Å². The van der Waals surface area contributed by atoms with Crippen LogP contribution in [0.1, 0.15) is 30.4 Å². The van der Waals surface area contributed by atoms with E-state index in [0.717, 1.165) is 11.3 Å². The Labute approximate surface area is 113 Å². The molecule has 0 bridgehead atoms. The summed E-state index contributed by atoms with van der Waals surface area (Å²) in [6.45, 7) is 2.50. The Morgan fingerprint density at radius 1 is 1.26 bits per heavy atom. The zero-order valence-electron chi connectivity index (χ0n) is 11.2. The molecule has 2 N–H and O–H groups in total. The second-order valence-corrected chi connectivity index (χ2v) is 4.43. The summed E-state index contributed by atoms with van der Waals surface area (Å²) in [7, 11) is 1.65. The van der Waals surface area contributed by atoms with E-state index < -0.39 is 6.10 Å². The molecule has 0 amide bonds. The first-order valence-electron chi connectivity index (χ1n) is 6.29. The third kappa shape index (κ3) is 3.59. The maximum Gasteiger partial charge on any atom is 0.133 e. The highest BCUT2D eigenvalue weighted by Gasteiger charge is 2.12. The first-order chi connectivity index (χ1) is 9.20. The van der Waals surface area contributed by atoms with Crippen molar-refractivity contribution in [2.75, 3.05) is 13.7 Å². The van der Waals surface area contributed by atoms with Gasteiger partial charge in [0.05, 0.1) is 13.4 Å². The van der Waals surface area contributed by atoms with Gasteiger partial charge < -0.3 is 19.6 Å². The van der Waals surface area contributed by atoms with Crippen molar-refractivity contribution in [3.63, 3.8) is 0 Å². The van der Waals surface area contributed by atoms with Crippen LogP contribution in [0.15, 0.2) is 47.1 Å². The van der Waals surface area contributed by atoms with Crippen molar-refractivity contribution in [1.29, 1.82) is 0 Å². The Kier molecular flexibility index (Phi) is 4.60. The molecule has 0 saturated heterocycles. The molecule has 4 nitrogen and oxygen atoms in total. The number of ether oxygens (including phenoxy) is 1. The molecule has 0 radical (unpaired) electrons. The van der Waals surface area contributed by atoms with Gasteiger partial charge in [-0.3, -0.25) is 0 Å². The van der Waals surface area contributed by atoms with Gasteiger partial charge in [-0.1, -0.05) is 12.1 Å². The van der Waals surface area contributed by atoms with Crippen LogP contribution in [0.2, 0.25) is 0 Å². The Bertz CT molecular complexity index is 479. The number of benzene rings is 1. The summed E-state index contributed by atoms with van der Waals surface area (Å²) in [6, 6.07) is 11.6. The Morgan fingerprint density at radius 3 is 2.58 bits per heavy atom. The van der Waals surface area contributed by atoms with Gasteiger partial charge in [-0.2, -0.15) is 0 Å². The van der Waals surface area contributed by atoms with Crippen LogP contribution in [0.3, 0.4) is 0 Å². The van der Waals surface area contributed by atoms with Gasteiger partial charge in [0.25, 0.3) is 0 Å². The van der Waals surface area contributed by atoms with E-state index in [1.807, 2.05) is 24.3 Å². The van der Waals surface area contributed by atoms with Crippen molar-refractivity contribution < 1.29 is 14.3 Å². The maximum absolute atomic E-state index is 9.91. The first-order valence-corrected chi connectivity index (χ1v) is 6.29. The van der Waals surface area contributed by atoms with Gasteiger partial charge in [-0.05, 0) is 36.8 Å². The normalized spacial score (nSPS) is 14.1. The van der Waals surface area contributed by atoms with Gasteiger partial charge >= 0.3 is 0 Å². The van der Waals surface area contributed by atoms with Crippen LogP contribution in [0, 0.1) is 0 Å². The average Bonchev–Trinajstić information content (AvgIpc) is 2.98. The van der Waals surface area contributed by atoms with E-state index in [1.54, 1.807) is 25.5 Å². The maximum atomic E-state index is 9.91. The van der Waals surface area contributed by atoms with Crippen molar-refractivity contribution in [2.24, 2.45) is 0 Å². The van der Waals surface area contributed by atoms with Crippen molar-refractivity contribution in [3.8, 4) is 5.75 Å². The summed E-state index contributed by atoms with van der Waals surface area (Å²) in [5, 5.41) is 13.2. The molecule has 0 spiro atoms. The molecule has 2 aromatic rings. The van der Waals surface area contributed by atoms with Crippen LogP contribution in [0.25, 0.3) is 0 Å². The minimum atomic E-state index is -0.629. The molecule has 4 heteroatoms. The molecule has 19 heavy (non-hydrogen) atoms. The third-order valence-corrected chi connectivity index (χ3v) is 3.10. The largest absolute Gasteiger partial charge is 0.497 e. The summed E-state index contributed by atoms with van der Waals surface area (Å²) in [5.74, 6) is 1.42. The van der Waals surface area contributed by atoms with Gasteiger partial charge in [0.2, 0.25) is 0 Å². The Morgan fingerprint density at radius 2 is 2.00 bits per heavy atom. The second kappa shape index (κ2) is 6.41. The van der Waals surface area contributed by atoms with Gasteiger partial charge in [-0.15, -0.1) is 0 Å². The molecule has 0 aliphatic carbocycles. The van der Waals surface area contributed by atoms with Crippen molar-refractivity contribution in [3.05, 3.63) is 54.0 Å². The minimum Gasteiger partial charge on any atom is -0.497 e. The summed E-state index contributed by atoms with van der Waals surface area (Å²) < 4.78 is 10.3. The molecule has 2 rings (SSSR count). The molecule has 0 aliphatic rings. The molecule has 0 fully saturated rings. The lowest BCUT2D eigenvalue weighted by molar-refractivity contribution is 0.144. The monoisotopic (exact) mass is 261 g/mol. The average molecular weight is 261 g/mol. The SMILES string of the molecule is COc1ccc([C@H](C)NCC(O)c2ccco2)cc1. The molecule has 1 heterocycles. The van der Waals surface area contributed by atoms with Gasteiger partial charge in [0, 0.05) is 12.6 Å². The van der Waals surface area contributed by atoms with Crippen molar-refractivity contribution >= 4 is 0 Å². The molecule has 1 aromatic carbocycles. The van der Waals surface area contributed by atoms with Crippen molar-refractivity contribution in [1.82, 2.24) is 5.32 Å². The molecule has 0 saturated carbocycles. The molecule has 102 valence electrons. The molecule has 1 unspecified atom stereocenters. The second-order valence-electron chi connectivity index (χ2n) is 4.43. The van der Waals surface area contributed by atoms with Crippen LogP contribution in [-0.2, 0) is 0 Å². The lowest BCUT2D eigenvalue weighted by Crippen LogP contribution is -2.24. The van der Waals surface area contributed by atoms with Gasteiger partial charge in [0.15, 0.2) is 0 Å². The number of methoxy groups -OCH3 is 1. The smallest absolute Gasteiger partial charge is 0.133 e. The zero-order chi connectivity index (χ0) is 13.7. The standard InChI is InChI=1S/C15H19NO3/c1-11(12-5-7-13(18-2)8-6-12)16-10-14(17)15-4-3-9-19-15/h3-9,11,14,16-17H,10H2,1-2H3/t11-,14?/m0/s1. The van der Waals surface area contributed by atoms with E-state index in [1.165, 1.54) is 0 Å². The minimum absolute atomic E-state index is 0.149. The summed E-state index contributed by atoms with van der Waals surface area (Å²) in [4.78, 5) is 0. The predicted octanol–water partition coefficient (Wildman–Crippen LogP) is 2.67. The highest BCUT2D eigenvalue weighted by atomic mass is 16.5. The number of nitrogens with one attached hydrogen (secondary N) is 1. The highest BCUT2D eigenvalue weighted by molar-refractivity contribution is 5.28. The number of aliphatic hydroxyl groups excluding tert-OH is 1. The molecule has 2 atom stereocenters. The Balaban J connectivity index is 1.88. The summed E-state index contributed by atoms with van der Waals surface area (Å²) >= 11 is 0. The lowest BCUT2D eigenvalue weighted by Gasteiger charge is -2.16.